The Hall–Kier alpha value is -1.89. The molecule has 2 aliphatic rings. The van der Waals surface area contributed by atoms with E-state index in [1.807, 2.05) is 30.0 Å². The highest BCUT2D eigenvalue weighted by atomic mass is 32.2. The highest BCUT2D eigenvalue weighted by Gasteiger charge is 2.27. The molecule has 0 spiro atoms. The summed E-state index contributed by atoms with van der Waals surface area (Å²) in [6.07, 6.45) is 0. The monoisotopic (exact) mass is 383 g/mol. The van der Waals surface area contributed by atoms with Crippen molar-refractivity contribution >= 4 is 23.4 Å². The number of pyridine rings is 1. The molecule has 1 amide bonds. The lowest BCUT2D eigenvalue weighted by molar-refractivity contribution is -0.116. The van der Waals surface area contributed by atoms with Gasteiger partial charge in [-0.1, -0.05) is 12.1 Å². The van der Waals surface area contributed by atoms with Crippen LogP contribution in [-0.4, -0.2) is 60.4 Å². The first kappa shape index (κ1) is 18.5. The first-order valence-corrected chi connectivity index (χ1v) is 10.4. The molecule has 1 atom stereocenters. The molecule has 4 rings (SSSR count). The van der Waals surface area contributed by atoms with Crippen LogP contribution < -0.4 is 4.90 Å². The van der Waals surface area contributed by atoms with Crippen molar-refractivity contribution in [2.75, 3.05) is 43.5 Å². The van der Waals surface area contributed by atoms with Crippen molar-refractivity contribution in [2.24, 2.45) is 0 Å². The molecule has 1 saturated heterocycles. The van der Waals surface area contributed by atoms with Crippen LogP contribution in [-0.2, 0) is 9.53 Å². The zero-order valence-electron chi connectivity index (χ0n) is 15.9. The number of hydrogen-bond acceptors (Lipinski definition) is 5. The lowest BCUT2D eigenvalue weighted by atomic mass is 10.1. The molecule has 0 bridgehead atoms. The third-order valence-electron chi connectivity index (χ3n) is 5.20. The fourth-order valence-corrected chi connectivity index (χ4v) is 4.55. The van der Waals surface area contributed by atoms with Crippen LogP contribution in [0.5, 0.6) is 0 Å². The summed E-state index contributed by atoms with van der Waals surface area (Å²) in [7, 11) is 0. The second-order valence-corrected chi connectivity index (χ2v) is 8.16. The average molecular weight is 384 g/mol. The van der Waals surface area contributed by atoms with E-state index in [0.717, 1.165) is 48.9 Å². The average Bonchev–Trinajstić information content (AvgIpc) is 2.68. The van der Waals surface area contributed by atoms with E-state index in [-0.39, 0.29) is 5.91 Å². The molecule has 0 aliphatic carbocycles. The van der Waals surface area contributed by atoms with Crippen LogP contribution in [0.1, 0.15) is 12.6 Å². The number of aromatic nitrogens is 1. The summed E-state index contributed by atoms with van der Waals surface area (Å²) in [6, 6.07) is 12.8. The van der Waals surface area contributed by atoms with Gasteiger partial charge in [0.2, 0.25) is 5.91 Å². The Labute approximate surface area is 164 Å². The Morgan fingerprint density at radius 1 is 1.26 bits per heavy atom. The van der Waals surface area contributed by atoms with E-state index < -0.39 is 0 Å². The van der Waals surface area contributed by atoms with Crippen molar-refractivity contribution in [3.8, 4) is 11.3 Å². The SMILES string of the molecule is Cc1cccc(-c2ccc3c(c2)N(CCN2CCOCC2C)C(=O)CS3)n1. The van der Waals surface area contributed by atoms with Gasteiger partial charge in [0.15, 0.2) is 0 Å². The standard InChI is InChI=1S/C21H25N3O2S/c1-15-4-3-5-18(22-15)17-6-7-20-19(12-17)24(21(25)14-27-20)9-8-23-10-11-26-13-16(23)2/h3-7,12,16H,8-11,13-14H2,1-2H3. The van der Waals surface area contributed by atoms with E-state index in [1.165, 1.54) is 4.90 Å². The normalized spacial score (nSPS) is 20.6. The van der Waals surface area contributed by atoms with Gasteiger partial charge in [-0.05, 0) is 38.1 Å². The number of carbonyl (C=O) groups is 1. The van der Waals surface area contributed by atoms with Gasteiger partial charge >= 0.3 is 0 Å². The maximum absolute atomic E-state index is 12.7. The molecule has 2 aliphatic heterocycles. The van der Waals surface area contributed by atoms with Gasteiger partial charge in [-0.25, -0.2) is 0 Å². The van der Waals surface area contributed by atoms with Crippen LogP contribution in [0, 0.1) is 6.92 Å². The number of amides is 1. The third-order valence-corrected chi connectivity index (χ3v) is 6.25. The van der Waals surface area contributed by atoms with Gasteiger partial charge in [0.25, 0.3) is 0 Å². The van der Waals surface area contributed by atoms with Crippen molar-refractivity contribution in [2.45, 2.75) is 24.8 Å². The number of thioether (sulfide) groups is 1. The topological polar surface area (TPSA) is 45.7 Å². The minimum absolute atomic E-state index is 0.183. The number of nitrogens with zero attached hydrogens (tertiary/aromatic N) is 3. The highest BCUT2D eigenvalue weighted by Crippen LogP contribution is 2.38. The Kier molecular flexibility index (Phi) is 5.48. The largest absolute Gasteiger partial charge is 0.379 e. The fraction of sp³-hybridized carbons (Fsp3) is 0.429. The number of ether oxygens (including phenoxy) is 1. The second-order valence-electron chi connectivity index (χ2n) is 7.14. The predicted molar refractivity (Wildman–Crippen MR) is 109 cm³/mol. The Morgan fingerprint density at radius 2 is 2.15 bits per heavy atom. The molecular formula is C21H25N3O2S. The van der Waals surface area contributed by atoms with Crippen molar-refractivity contribution in [3.63, 3.8) is 0 Å². The summed E-state index contributed by atoms with van der Waals surface area (Å²) in [5.41, 5.74) is 4.01. The third kappa shape index (κ3) is 4.03. The van der Waals surface area contributed by atoms with Crippen LogP contribution in [0.15, 0.2) is 41.3 Å². The van der Waals surface area contributed by atoms with Crippen molar-refractivity contribution in [3.05, 3.63) is 42.1 Å². The van der Waals surface area contributed by atoms with E-state index in [2.05, 4.69) is 35.0 Å². The second kappa shape index (κ2) is 8.00. The molecule has 142 valence electrons. The maximum atomic E-state index is 12.7. The summed E-state index contributed by atoms with van der Waals surface area (Å²) >= 11 is 1.62. The van der Waals surface area contributed by atoms with Gasteiger partial charge < -0.3 is 9.64 Å². The van der Waals surface area contributed by atoms with Gasteiger partial charge in [0.05, 0.1) is 30.3 Å². The zero-order chi connectivity index (χ0) is 18.8. The smallest absolute Gasteiger partial charge is 0.237 e. The van der Waals surface area contributed by atoms with E-state index in [9.17, 15) is 4.79 Å². The predicted octanol–water partition coefficient (Wildman–Crippen LogP) is 3.22. The van der Waals surface area contributed by atoms with Crippen LogP contribution in [0.3, 0.4) is 0 Å². The molecule has 5 nitrogen and oxygen atoms in total. The zero-order valence-corrected chi connectivity index (χ0v) is 16.7. The quantitative estimate of drug-likeness (QED) is 0.811. The molecule has 1 aromatic carbocycles. The fourth-order valence-electron chi connectivity index (χ4n) is 3.63. The van der Waals surface area contributed by atoms with E-state index in [4.69, 9.17) is 4.74 Å². The molecule has 3 heterocycles. The number of hydrogen-bond donors (Lipinski definition) is 0. The molecular weight excluding hydrogens is 358 g/mol. The summed E-state index contributed by atoms with van der Waals surface area (Å²) < 4.78 is 5.52. The minimum Gasteiger partial charge on any atom is -0.379 e. The van der Waals surface area contributed by atoms with Crippen LogP contribution in [0.2, 0.25) is 0 Å². The summed E-state index contributed by atoms with van der Waals surface area (Å²) in [5, 5.41) is 0. The first-order chi connectivity index (χ1) is 13.1. The molecule has 1 unspecified atom stereocenters. The lowest BCUT2D eigenvalue weighted by Gasteiger charge is -2.36. The van der Waals surface area contributed by atoms with Crippen molar-refractivity contribution in [1.29, 1.82) is 0 Å². The van der Waals surface area contributed by atoms with Crippen LogP contribution >= 0.6 is 11.8 Å². The highest BCUT2D eigenvalue weighted by molar-refractivity contribution is 8.00. The number of benzene rings is 1. The Bertz CT molecular complexity index is 842. The Morgan fingerprint density at radius 3 is 2.96 bits per heavy atom. The molecule has 0 N–H and O–H groups in total. The van der Waals surface area contributed by atoms with E-state index in [0.29, 0.717) is 18.3 Å². The summed E-state index contributed by atoms with van der Waals surface area (Å²) in [4.78, 5) is 22.8. The van der Waals surface area contributed by atoms with Crippen LogP contribution in [0.25, 0.3) is 11.3 Å². The molecule has 0 saturated carbocycles. The van der Waals surface area contributed by atoms with Gasteiger partial charge in [-0.2, -0.15) is 0 Å². The Balaban J connectivity index is 1.58. The van der Waals surface area contributed by atoms with E-state index >= 15 is 0 Å². The van der Waals surface area contributed by atoms with Gasteiger partial charge in [-0.3, -0.25) is 14.7 Å². The number of fused-ring (bicyclic) bond motifs is 1. The lowest BCUT2D eigenvalue weighted by Crippen LogP contribution is -2.48. The molecule has 1 fully saturated rings. The number of anilines is 1. The minimum atomic E-state index is 0.183. The number of rotatable bonds is 4. The summed E-state index contributed by atoms with van der Waals surface area (Å²) in [6.45, 7) is 8.23. The number of aryl methyl sites for hydroxylation is 1. The molecule has 27 heavy (non-hydrogen) atoms. The van der Waals surface area contributed by atoms with Crippen LogP contribution in [0.4, 0.5) is 5.69 Å². The molecule has 1 aromatic heterocycles. The van der Waals surface area contributed by atoms with Gasteiger partial charge in [-0.15, -0.1) is 11.8 Å². The molecule has 2 aromatic rings. The van der Waals surface area contributed by atoms with E-state index in [1.54, 1.807) is 11.8 Å². The number of carbonyl (C=O) groups excluding carboxylic acids is 1. The van der Waals surface area contributed by atoms with Crippen molar-refractivity contribution < 1.29 is 9.53 Å². The number of morpholine rings is 1. The molecule has 0 radical (unpaired) electrons. The van der Waals surface area contributed by atoms with Gasteiger partial charge in [0, 0.05) is 41.8 Å². The first-order valence-electron chi connectivity index (χ1n) is 9.45. The molecule has 6 heteroatoms. The van der Waals surface area contributed by atoms with Crippen molar-refractivity contribution in [1.82, 2.24) is 9.88 Å². The maximum Gasteiger partial charge on any atom is 0.237 e. The van der Waals surface area contributed by atoms with Gasteiger partial charge in [0.1, 0.15) is 0 Å². The summed E-state index contributed by atoms with van der Waals surface area (Å²) in [5.74, 6) is 0.691.